The molecule has 0 aliphatic heterocycles. The van der Waals surface area contributed by atoms with E-state index in [4.69, 9.17) is 17.3 Å². The summed E-state index contributed by atoms with van der Waals surface area (Å²) in [6.45, 7) is 0. The first-order chi connectivity index (χ1) is 15.0. The van der Waals surface area contributed by atoms with Gasteiger partial charge in [-0.15, -0.1) is 10.2 Å². The van der Waals surface area contributed by atoms with E-state index in [1.807, 2.05) is 24.3 Å². The standard InChI is InChI=1S/C22H17ClN6O2/c23-17-12-11-14(21(30)25-15-7-3-1-4-8-15)13-18(17)26-27-19-20(24)28-29(22(19)31)16-9-5-2-6-10-16/h1-13,28H,24H2,(H,25,30). The molecular weight excluding hydrogens is 416 g/mol. The molecule has 0 saturated carbocycles. The summed E-state index contributed by atoms with van der Waals surface area (Å²) in [7, 11) is 0. The molecule has 4 rings (SSSR count). The number of amides is 1. The normalized spacial score (nSPS) is 11.0. The number of H-pyrrole nitrogens is 1. The number of nitrogens with one attached hydrogen (secondary N) is 2. The van der Waals surface area contributed by atoms with Crippen molar-refractivity contribution in [1.29, 1.82) is 0 Å². The van der Waals surface area contributed by atoms with Gasteiger partial charge in [0.25, 0.3) is 5.91 Å². The zero-order chi connectivity index (χ0) is 21.8. The van der Waals surface area contributed by atoms with Crippen LogP contribution in [0, 0.1) is 0 Å². The number of aromatic nitrogens is 2. The number of nitrogens with two attached hydrogens (primary N) is 1. The van der Waals surface area contributed by atoms with Crippen molar-refractivity contribution in [2.75, 3.05) is 11.1 Å². The third-order valence-corrected chi connectivity index (χ3v) is 4.72. The van der Waals surface area contributed by atoms with Crippen molar-refractivity contribution in [1.82, 2.24) is 9.78 Å². The lowest BCUT2D eigenvalue weighted by molar-refractivity contribution is 0.102. The average molecular weight is 433 g/mol. The Balaban J connectivity index is 1.61. The maximum atomic E-state index is 12.7. The first-order valence-corrected chi connectivity index (χ1v) is 9.64. The third kappa shape index (κ3) is 4.39. The second-order valence-corrected chi connectivity index (χ2v) is 6.94. The van der Waals surface area contributed by atoms with Crippen molar-refractivity contribution in [2.45, 2.75) is 0 Å². The summed E-state index contributed by atoms with van der Waals surface area (Å²) in [4.78, 5) is 25.2. The highest BCUT2D eigenvalue weighted by atomic mass is 35.5. The van der Waals surface area contributed by atoms with Crippen LogP contribution >= 0.6 is 11.6 Å². The minimum atomic E-state index is -0.457. The van der Waals surface area contributed by atoms with E-state index < -0.39 is 5.56 Å². The maximum Gasteiger partial charge on any atom is 0.301 e. The molecule has 0 aliphatic rings. The Morgan fingerprint density at radius 2 is 1.65 bits per heavy atom. The summed E-state index contributed by atoms with van der Waals surface area (Å²) in [6.07, 6.45) is 0. The molecule has 154 valence electrons. The van der Waals surface area contributed by atoms with Gasteiger partial charge in [0.1, 0.15) is 11.5 Å². The lowest BCUT2D eigenvalue weighted by Crippen LogP contribution is -2.13. The number of carbonyl (C=O) groups is 1. The Bertz CT molecular complexity index is 1310. The van der Waals surface area contributed by atoms with Crippen LogP contribution in [0.5, 0.6) is 0 Å². The monoisotopic (exact) mass is 432 g/mol. The van der Waals surface area contributed by atoms with Crippen LogP contribution in [0.2, 0.25) is 5.02 Å². The predicted octanol–water partition coefficient (Wildman–Crippen LogP) is 5.07. The van der Waals surface area contributed by atoms with Gasteiger partial charge in [-0.05, 0) is 42.5 Å². The molecule has 3 aromatic carbocycles. The summed E-state index contributed by atoms with van der Waals surface area (Å²) in [5.41, 5.74) is 7.24. The lowest BCUT2D eigenvalue weighted by atomic mass is 10.2. The van der Waals surface area contributed by atoms with Gasteiger partial charge in [-0.2, -0.15) is 0 Å². The van der Waals surface area contributed by atoms with Gasteiger partial charge >= 0.3 is 5.56 Å². The second kappa shape index (κ2) is 8.68. The fourth-order valence-electron chi connectivity index (χ4n) is 2.86. The summed E-state index contributed by atoms with van der Waals surface area (Å²) in [5, 5.41) is 13.9. The average Bonchev–Trinajstić information content (AvgIpc) is 3.08. The molecule has 0 atom stereocenters. The van der Waals surface area contributed by atoms with Gasteiger partial charge in [0.05, 0.1) is 10.7 Å². The van der Waals surface area contributed by atoms with Crippen LogP contribution in [0.15, 0.2) is 93.9 Å². The SMILES string of the molecule is Nc1[nH]n(-c2ccccc2)c(=O)c1N=Nc1cc(C(=O)Nc2ccccc2)ccc1Cl. The van der Waals surface area contributed by atoms with Crippen molar-refractivity contribution in [3.63, 3.8) is 0 Å². The van der Waals surface area contributed by atoms with Crippen molar-refractivity contribution in [3.8, 4) is 5.69 Å². The fraction of sp³-hybridized carbons (Fsp3) is 0. The topological polar surface area (TPSA) is 118 Å². The number of nitrogen functional groups attached to an aromatic ring is 1. The number of benzene rings is 3. The molecule has 4 N–H and O–H groups in total. The fourth-order valence-corrected chi connectivity index (χ4v) is 3.02. The molecule has 9 heteroatoms. The first-order valence-electron chi connectivity index (χ1n) is 9.26. The number of carbonyl (C=O) groups excluding carboxylic acids is 1. The van der Waals surface area contributed by atoms with Crippen LogP contribution in [0.1, 0.15) is 10.4 Å². The van der Waals surface area contributed by atoms with Crippen LogP contribution in [-0.4, -0.2) is 15.7 Å². The highest BCUT2D eigenvalue weighted by molar-refractivity contribution is 6.33. The number of aromatic amines is 1. The Kier molecular flexibility index (Phi) is 5.63. The maximum absolute atomic E-state index is 12.7. The molecule has 0 unspecified atom stereocenters. The minimum Gasteiger partial charge on any atom is -0.382 e. The highest BCUT2D eigenvalue weighted by Gasteiger charge is 2.14. The number of halogens is 1. The largest absolute Gasteiger partial charge is 0.382 e. The Morgan fingerprint density at radius 1 is 0.968 bits per heavy atom. The number of azo groups is 1. The second-order valence-electron chi connectivity index (χ2n) is 6.54. The molecule has 0 radical (unpaired) electrons. The van der Waals surface area contributed by atoms with E-state index in [1.165, 1.54) is 10.7 Å². The Hall–Kier alpha value is -4.17. The van der Waals surface area contributed by atoms with Gasteiger partial charge in [-0.3, -0.25) is 14.7 Å². The molecule has 31 heavy (non-hydrogen) atoms. The molecule has 0 aliphatic carbocycles. The van der Waals surface area contributed by atoms with Gasteiger partial charge in [-0.1, -0.05) is 48.0 Å². The van der Waals surface area contributed by atoms with Crippen molar-refractivity contribution < 1.29 is 4.79 Å². The first kappa shape index (κ1) is 20.1. The van der Waals surface area contributed by atoms with Crippen molar-refractivity contribution >= 4 is 40.4 Å². The van der Waals surface area contributed by atoms with E-state index in [1.54, 1.807) is 48.5 Å². The van der Waals surface area contributed by atoms with Crippen LogP contribution in [0.3, 0.4) is 0 Å². The van der Waals surface area contributed by atoms with Crippen LogP contribution in [0.25, 0.3) is 5.69 Å². The molecule has 1 aromatic heterocycles. The molecule has 0 fully saturated rings. The van der Waals surface area contributed by atoms with Crippen LogP contribution in [-0.2, 0) is 0 Å². The molecule has 8 nitrogen and oxygen atoms in total. The van der Waals surface area contributed by atoms with E-state index in [9.17, 15) is 9.59 Å². The van der Waals surface area contributed by atoms with Crippen molar-refractivity contribution in [3.05, 3.63) is 99.8 Å². The highest BCUT2D eigenvalue weighted by Crippen LogP contribution is 2.29. The molecule has 0 saturated heterocycles. The smallest absolute Gasteiger partial charge is 0.301 e. The number of nitrogens with zero attached hydrogens (tertiary/aromatic N) is 3. The summed E-state index contributed by atoms with van der Waals surface area (Å²) < 4.78 is 1.27. The van der Waals surface area contributed by atoms with E-state index in [-0.39, 0.29) is 28.1 Å². The number of rotatable bonds is 5. The summed E-state index contributed by atoms with van der Waals surface area (Å²) in [5.74, 6) is -0.265. The predicted molar refractivity (Wildman–Crippen MR) is 121 cm³/mol. The molecule has 0 spiro atoms. The zero-order valence-electron chi connectivity index (χ0n) is 16.1. The van der Waals surface area contributed by atoms with Crippen LogP contribution in [0.4, 0.5) is 22.9 Å². The van der Waals surface area contributed by atoms with E-state index in [0.717, 1.165) is 0 Å². The number of hydrogen-bond acceptors (Lipinski definition) is 5. The van der Waals surface area contributed by atoms with E-state index in [0.29, 0.717) is 16.9 Å². The lowest BCUT2D eigenvalue weighted by Gasteiger charge is -2.06. The van der Waals surface area contributed by atoms with E-state index in [2.05, 4.69) is 20.6 Å². The molecular formula is C22H17ClN6O2. The molecule has 0 bridgehead atoms. The van der Waals surface area contributed by atoms with Gasteiger partial charge in [0, 0.05) is 11.3 Å². The van der Waals surface area contributed by atoms with Gasteiger partial charge in [0.2, 0.25) is 0 Å². The van der Waals surface area contributed by atoms with Gasteiger partial charge in [0.15, 0.2) is 5.69 Å². The number of para-hydroxylation sites is 2. The summed E-state index contributed by atoms with van der Waals surface area (Å²) in [6, 6.07) is 22.6. The quantitative estimate of drug-likeness (QED) is 0.382. The molecule has 1 amide bonds. The molecule has 4 aromatic rings. The van der Waals surface area contributed by atoms with Crippen LogP contribution < -0.4 is 16.6 Å². The van der Waals surface area contributed by atoms with E-state index >= 15 is 0 Å². The summed E-state index contributed by atoms with van der Waals surface area (Å²) >= 11 is 6.20. The van der Waals surface area contributed by atoms with Gasteiger partial charge in [-0.25, -0.2) is 4.68 Å². The molecule has 1 heterocycles. The minimum absolute atomic E-state index is 0.0564. The van der Waals surface area contributed by atoms with Crippen molar-refractivity contribution in [2.24, 2.45) is 10.2 Å². The number of anilines is 2. The third-order valence-electron chi connectivity index (χ3n) is 4.41. The van der Waals surface area contributed by atoms with Gasteiger partial charge < -0.3 is 11.1 Å². The Labute approximate surface area is 182 Å². The number of hydrogen-bond donors (Lipinski definition) is 3. The Morgan fingerprint density at radius 3 is 2.35 bits per heavy atom. The zero-order valence-corrected chi connectivity index (χ0v) is 16.9.